The van der Waals surface area contributed by atoms with E-state index in [1.165, 1.54) is 36.8 Å². The first-order chi connectivity index (χ1) is 9.00. The Labute approximate surface area is 116 Å². The van der Waals surface area contributed by atoms with Crippen molar-refractivity contribution in [1.29, 1.82) is 0 Å². The average molecular weight is 283 g/mol. The highest BCUT2D eigenvalue weighted by Crippen LogP contribution is 2.36. The lowest BCUT2D eigenvalue weighted by Gasteiger charge is -2.23. The van der Waals surface area contributed by atoms with Crippen molar-refractivity contribution in [2.24, 2.45) is 0 Å². The maximum absolute atomic E-state index is 13.6. The van der Waals surface area contributed by atoms with E-state index in [1.807, 2.05) is 11.8 Å². The van der Waals surface area contributed by atoms with E-state index >= 15 is 0 Å². The molecule has 1 heterocycles. The van der Waals surface area contributed by atoms with E-state index in [9.17, 15) is 9.18 Å². The van der Waals surface area contributed by atoms with Gasteiger partial charge in [-0.3, -0.25) is 0 Å². The third kappa shape index (κ3) is 3.70. The SMILES string of the molecule is CC1(CNCc2cc(C(=O)O)ccc2F)CCCS1. The molecule has 1 aromatic carbocycles. The number of hydrogen-bond donors (Lipinski definition) is 2. The van der Waals surface area contributed by atoms with Crippen molar-refractivity contribution in [2.45, 2.75) is 31.1 Å². The predicted molar refractivity (Wildman–Crippen MR) is 75.2 cm³/mol. The van der Waals surface area contributed by atoms with Gasteiger partial charge in [0.1, 0.15) is 5.82 Å². The molecule has 1 aliphatic rings. The Kier molecular flexibility index (Phi) is 4.47. The van der Waals surface area contributed by atoms with E-state index in [0.717, 1.165) is 6.54 Å². The molecule has 5 heteroatoms. The zero-order valence-electron chi connectivity index (χ0n) is 10.9. The number of benzene rings is 1. The number of rotatable bonds is 5. The fraction of sp³-hybridized carbons (Fsp3) is 0.500. The zero-order valence-corrected chi connectivity index (χ0v) is 11.7. The maximum Gasteiger partial charge on any atom is 0.335 e. The topological polar surface area (TPSA) is 49.3 Å². The molecule has 0 spiro atoms. The molecule has 1 atom stereocenters. The second-order valence-corrected chi connectivity index (χ2v) is 6.80. The second kappa shape index (κ2) is 5.92. The monoisotopic (exact) mass is 283 g/mol. The molecule has 1 unspecified atom stereocenters. The summed E-state index contributed by atoms with van der Waals surface area (Å²) in [5.41, 5.74) is 0.533. The van der Waals surface area contributed by atoms with Crippen LogP contribution in [-0.2, 0) is 6.54 Å². The number of carboxylic acid groups (broad SMARTS) is 1. The molecule has 0 radical (unpaired) electrons. The van der Waals surface area contributed by atoms with Gasteiger partial charge >= 0.3 is 5.97 Å². The van der Waals surface area contributed by atoms with Gasteiger partial charge in [-0.1, -0.05) is 0 Å². The van der Waals surface area contributed by atoms with Crippen LogP contribution >= 0.6 is 11.8 Å². The number of halogens is 1. The average Bonchev–Trinajstić information content (AvgIpc) is 2.78. The van der Waals surface area contributed by atoms with Gasteiger partial charge in [0.2, 0.25) is 0 Å². The molecule has 19 heavy (non-hydrogen) atoms. The van der Waals surface area contributed by atoms with Gasteiger partial charge in [-0.05, 0) is 43.7 Å². The van der Waals surface area contributed by atoms with Crippen molar-refractivity contribution < 1.29 is 14.3 Å². The summed E-state index contributed by atoms with van der Waals surface area (Å²) >= 11 is 1.94. The van der Waals surface area contributed by atoms with Crippen LogP contribution in [0.4, 0.5) is 4.39 Å². The Bertz CT molecular complexity index is 473. The molecular weight excluding hydrogens is 265 g/mol. The van der Waals surface area contributed by atoms with Crippen molar-refractivity contribution in [3.8, 4) is 0 Å². The lowest BCUT2D eigenvalue weighted by Crippen LogP contribution is -2.32. The Morgan fingerprint density at radius 1 is 1.58 bits per heavy atom. The Morgan fingerprint density at radius 2 is 2.37 bits per heavy atom. The van der Waals surface area contributed by atoms with Crippen LogP contribution in [0.1, 0.15) is 35.7 Å². The molecule has 104 valence electrons. The zero-order chi connectivity index (χ0) is 13.9. The summed E-state index contributed by atoms with van der Waals surface area (Å²) in [5, 5.41) is 12.1. The molecule has 2 rings (SSSR count). The maximum atomic E-state index is 13.6. The van der Waals surface area contributed by atoms with Crippen LogP contribution in [0.2, 0.25) is 0 Å². The number of carboxylic acids is 1. The minimum atomic E-state index is -1.03. The fourth-order valence-electron chi connectivity index (χ4n) is 2.28. The summed E-state index contributed by atoms with van der Waals surface area (Å²) in [5.74, 6) is -0.206. The van der Waals surface area contributed by atoms with Crippen LogP contribution in [0.25, 0.3) is 0 Å². The molecule has 0 bridgehead atoms. The first-order valence-electron chi connectivity index (χ1n) is 6.37. The van der Waals surface area contributed by atoms with Crippen LogP contribution in [0.15, 0.2) is 18.2 Å². The molecule has 1 fully saturated rings. The van der Waals surface area contributed by atoms with Gasteiger partial charge in [-0.2, -0.15) is 11.8 Å². The number of thioether (sulfide) groups is 1. The van der Waals surface area contributed by atoms with Gasteiger partial charge in [0, 0.05) is 23.4 Å². The standard InChI is InChI=1S/C14H18FNO2S/c1-14(5-2-6-19-14)9-16-8-11-7-10(13(17)18)3-4-12(11)15/h3-4,7,16H,2,5-6,8-9H2,1H3,(H,17,18). The molecule has 0 saturated carbocycles. The fourth-order valence-corrected chi connectivity index (χ4v) is 3.56. The molecule has 0 amide bonds. The van der Waals surface area contributed by atoms with Crippen molar-refractivity contribution in [2.75, 3.05) is 12.3 Å². The minimum absolute atomic E-state index is 0.125. The quantitative estimate of drug-likeness (QED) is 0.872. The van der Waals surface area contributed by atoms with Crippen LogP contribution in [-0.4, -0.2) is 28.1 Å². The molecular formula is C14H18FNO2S. The summed E-state index contributed by atoms with van der Waals surface area (Å²) in [7, 11) is 0. The summed E-state index contributed by atoms with van der Waals surface area (Å²) < 4.78 is 13.8. The summed E-state index contributed by atoms with van der Waals surface area (Å²) in [6, 6.07) is 3.90. The number of aromatic carboxylic acids is 1. The van der Waals surface area contributed by atoms with E-state index in [-0.39, 0.29) is 16.1 Å². The van der Waals surface area contributed by atoms with Crippen LogP contribution in [0.3, 0.4) is 0 Å². The predicted octanol–water partition coefficient (Wildman–Crippen LogP) is 2.90. The molecule has 2 N–H and O–H groups in total. The van der Waals surface area contributed by atoms with E-state index in [2.05, 4.69) is 12.2 Å². The van der Waals surface area contributed by atoms with Crippen molar-refractivity contribution in [3.05, 3.63) is 35.1 Å². The van der Waals surface area contributed by atoms with Gasteiger partial charge in [0.25, 0.3) is 0 Å². The number of nitrogens with one attached hydrogen (secondary N) is 1. The highest BCUT2D eigenvalue weighted by atomic mass is 32.2. The number of hydrogen-bond acceptors (Lipinski definition) is 3. The molecule has 1 saturated heterocycles. The molecule has 0 aliphatic carbocycles. The van der Waals surface area contributed by atoms with E-state index in [1.54, 1.807) is 0 Å². The second-order valence-electron chi connectivity index (χ2n) is 5.12. The molecule has 3 nitrogen and oxygen atoms in total. The van der Waals surface area contributed by atoms with Gasteiger partial charge in [0.05, 0.1) is 5.56 Å². The third-order valence-corrected chi connectivity index (χ3v) is 4.95. The smallest absolute Gasteiger partial charge is 0.335 e. The lowest BCUT2D eigenvalue weighted by atomic mass is 10.1. The number of carbonyl (C=O) groups is 1. The highest BCUT2D eigenvalue weighted by molar-refractivity contribution is 8.00. The Morgan fingerprint density at radius 3 is 3.00 bits per heavy atom. The molecule has 1 aliphatic heterocycles. The van der Waals surface area contributed by atoms with Gasteiger partial charge in [-0.25, -0.2) is 9.18 Å². The van der Waals surface area contributed by atoms with Crippen molar-refractivity contribution in [1.82, 2.24) is 5.32 Å². The third-order valence-electron chi connectivity index (χ3n) is 3.41. The largest absolute Gasteiger partial charge is 0.478 e. The molecule has 1 aromatic rings. The minimum Gasteiger partial charge on any atom is -0.478 e. The first-order valence-corrected chi connectivity index (χ1v) is 7.35. The summed E-state index contributed by atoms with van der Waals surface area (Å²) in [4.78, 5) is 10.9. The van der Waals surface area contributed by atoms with Crippen molar-refractivity contribution >= 4 is 17.7 Å². The van der Waals surface area contributed by atoms with E-state index in [4.69, 9.17) is 5.11 Å². The normalized spacial score (nSPS) is 22.6. The van der Waals surface area contributed by atoms with Crippen molar-refractivity contribution in [3.63, 3.8) is 0 Å². The summed E-state index contributed by atoms with van der Waals surface area (Å²) in [6.07, 6.45) is 2.40. The van der Waals surface area contributed by atoms with E-state index < -0.39 is 5.97 Å². The highest BCUT2D eigenvalue weighted by Gasteiger charge is 2.28. The van der Waals surface area contributed by atoms with Gasteiger partial charge in [0.15, 0.2) is 0 Å². The molecule has 0 aromatic heterocycles. The summed E-state index contributed by atoms with van der Waals surface area (Å²) in [6.45, 7) is 3.39. The van der Waals surface area contributed by atoms with Gasteiger partial charge < -0.3 is 10.4 Å². The lowest BCUT2D eigenvalue weighted by molar-refractivity contribution is 0.0696. The Hall–Kier alpha value is -1.07. The Balaban J connectivity index is 1.95. The van der Waals surface area contributed by atoms with Gasteiger partial charge in [-0.15, -0.1) is 0 Å². The van der Waals surface area contributed by atoms with Crippen LogP contribution in [0, 0.1) is 5.82 Å². The van der Waals surface area contributed by atoms with Crippen LogP contribution in [0.5, 0.6) is 0 Å². The van der Waals surface area contributed by atoms with Crippen LogP contribution < -0.4 is 5.32 Å². The van der Waals surface area contributed by atoms with E-state index in [0.29, 0.717) is 12.1 Å². The first kappa shape index (κ1) is 14.3.